The highest BCUT2D eigenvalue weighted by Gasteiger charge is 2.37. The number of rotatable bonds is 2. The van der Waals surface area contributed by atoms with Crippen molar-refractivity contribution in [3.63, 3.8) is 0 Å². The third-order valence-corrected chi connectivity index (χ3v) is 3.20. The minimum absolute atomic E-state index is 0.0393. The number of hydrogen-bond donors (Lipinski definition) is 0. The predicted octanol–water partition coefficient (Wildman–Crippen LogP) is 2.14. The average Bonchev–Trinajstić information content (AvgIpc) is 2.72. The molecule has 0 N–H and O–H groups in total. The van der Waals surface area contributed by atoms with E-state index in [1.54, 1.807) is 6.20 Å². The van der Waals surface area contributed by atoms with Gasteiger partial charge in [-0.3, -0.25) is 4.79 Å². The van der Waals surface area contributed by atoms with E-state index in [1.165, 1.54) is 16.3 Å². The van der Waals surface area contributed by atoms with Crippen molar-refractivity contribution in [1.82, 2.24) is 4.98 Å². The van der Waals surface area contributed by atoms with Crippen molar-refractivity contribution in [1.29, 1.82) is 0 Å². The van der Waals surface area contributed by atoms with E-state index in [4.69, 9.17) is 0 Å². The molecule has 0 aromatic carbocycles. The smallest absolute Gasteiger partial charge is 0.258 e. The van der Waals surface area contributed by atoms with Gasteiger partial charge < -0.3 is 0 Å². The van der Waals surface area contributed by atoms with Crippen LogP contribution in [0.1, 0.15) is 20.8 Å². The number of carbonyl (C=O) groups excluding carboxylic acids is 1. The number of anilines is 1. The fourth-order valence-electron chi connectivity index (χ4n) is 1.80. The number of thiazole rings is 1. The van der Waals surface area contributed by atoms with Crippen LogP contribution < -0.4 is 5.01 Å². The van der Waals surface area contributed by atoms with Crippen molar-refractivity contribution in [2.45, 2.75) is 20.8 Å². The topological polar surface area (TPSA) is 45.6 Å². The molecule has 1 unspecified atom stereocenters. The fraction of sp³-hybridized carbons (Fsp3) is 0.500. The maximum atomic E-state index is 12.0. The third kappa shape index (κ3) is 1.67. The van der Waals surface area contributed by atoms with Crippen LogP contribution in [-0.4, -0.2) is 16.6 Å². The quantitative estimate of drug-likeness (QED) is 0.771. The van der Waals surface area contributed by atoms with E-state index in [1.807, 2.05) is 26.2 Å². The molecule has 0 aliphatic carbocycles. The number of hydrogen-bond acceptors (Lipinski definition) is 4. The summed E-state index contributed by atoms with van der Waals surface area (Å²) in [6, 6.07) is 0. The SMILES string of the molecule is CC1=NN(c2nccs2)C(=O)C1C(C)C. The number of carbonyl (C=O) groups is 1. The van der Waals surface area contributed by atoms with Crippen molar-refractivity contribution < 1.29 is 4.79 Å². The normalized spacial score (nSPS) is 21.3. The first-order chi connectivity index (χ1) is 7.11. The molecular weight excluding hydrogens is 210 g/mol. The summed E-state index contributed by atoms with van der Waals surface area (Å²) in [5.41, 5.74) is 0.880. The van der Waals surface area contributed by atoms with Gasteiger partial charge in [-0.1, -0.05) is 13.8 Å². The molecule has 5 heteroatoms. The summed E-state index contributed by atoms with van der Waals surface area (Å²) >= 11 is 1.43. The van der Waals surface area contributed by atoms with Crippen LogP contribution in [-0.2, 0) is 4.79 Å². The van der Waals surface area contributed by atoms with Gasteiger partial charge in [-0.15, -0.1) is 11.3 Å². The first-order valence-corrected chi connectivity index (χ1v) is 5.77. The second kappa shape index (κ2) is 3.73. The van der Waals surface area contributed by atoms with Crippen LogP contribution in [0.3, 0.4) is 0 Å². The van der Waals surface area contributed by atoms with E-state index in [9.17, 15) is 4.79 Å². The lowest BCUT2D eigenvalue weighted by atomic mass is 9.92. The summed E-state index contributed by atoms with van der Waals surface area (Å²) in [7, 11) is 0. The van der Waals surface area contributed by atoms with Crippen LogP contribution in [0.15, 0.2) is 16.7 Å². The molecule has 2 rings (SSSR count). The van der Waals surface area contributed by atoms with Gasteiger partial charge in [-0.25, -0.2) is 4.98 Å². The Morgan fingerprint density at radius 1 is 1.53 bits per heavy atom. The Bertz CT molecular complexity index is 397. The molecule has 15 heavy (non-hydrogen) atoms. The minimum atomic E-state index is -0.0890. The van der Waals surface area contributed by atoms with Gasteiger partial charge in [-0.05, 0) is 12.8 Å². The Morgan fingerprint density at radius 3 is 2.73 bits per heavy atom. The molecule has 2 heterocycles. The zero-order valence-corrected chi connectivity index (χ0v) is 9.78. The van der Waals surface area contributed by atoms with Crippen molar-refractivity contribution in [2.75, 3.05) is 5.01 Å². The van der Waals surface area contributed by atoms with Gasteiger partial charge in [0.15, 0.2) is 0 Å². The van der Waals surface area contributed by atoms with Gasteiger partial charge in [0, 0.05) is 17.3 Å². The first kappa shape index (κ1) is 10.3. The van der Waals surface area contributed by atoms with Crippen LogP contribution in [0.5, 0.6) is 0 Å². The number of amides is 1. The Labute approximate surface area is 92.6 Å². The van der Waals surface area contributed by atoms with Crippen LogP contribution >= 0.6 is 11.3 Å². The third-order valence-electron chi connectivity index (χ3n) is 2.45. The van der Waals surface area contributed by atoms with Gasteiger partial charge in [0.1, 0.15) is 0 Å². The largest absolute Gasteiger partial charge is 0.272 e. The van der Waals surface area contributed by atoms with Crippen molar-refractivity contribution >= 4 is 28.1 Å². The van der Waals surface area contributed by atoms with E-state index < -0.39 is 0 Å². The second-order valence-corrected chi connectivity index (χ2v) is 4.80. The van der Waals surface area contributed by atoms with Crippen LogP contribution in [0.4, 0.5) is 5.13 Å². The molecule has 4 nitrogen and oxygen atoms in total. The lowest BCUT2D eigenvalue weighted by Gasteiger charge is -2.14. The fourth-order valence-corrected chi connectivity index (χ4v) is 2.40. The highest BCUT2D eigenvalue weighted by Crippen LogP contribution is 2.28. The molecule has 1 aliphatic heterocycles. The van der Waals surface area contributed by atoms with E-state index in [0.29, 0.717) is 5.13 Å². The van der Waals surface area contributed by atoms with Crippen molar-refractivity contribution in [2.24, 2.45) is 16.9 Å². The number of aromatic nitrogens is 1. The summed E-state index contributed by atoms with van der Waals surface area (Å²) < 4.78 is 0. The lowest BCUT2D eigenvalue weighted by molar-refractivity contribution is -0.120. The Kier molecular flexibility index (Phi) is 2.56. The van der Waals surface area contributed by atoms with Crippen molar-refractivity contribution in [3.05, 3.63) is 11.6 Å². The van der Waals surface area contributed by atoms with E-state index >= 15 is 0 Å². The molecular formula is C10H13N3OS. The lowest BCUT2D eigenvalue weighted by Crippen LogP contribution is -2.30. The molecule has 80 valence electrons. The summed E-state index contributed by atoms with van der Waals surface area (Å²) in [4.78, 5) is 16.1. The Balaban J connectivity index is 2.30. The van der Waals surface area contributed by atoms with Crippen LogP contribution in [0.25, 0.3) is 0 Å². The molecule has 0 fully saturated rings. The molecule has 0 saturated carbocycles. The number of nitrogens with zero attached hydrogens (tertiary/aromatic N) is 3. The van der Waals surface area contributed by atoms with Gasteiger partial charge in [-0.2, -0.15) is 10.1 Å². The molecule has 1 aromatic rings. The highest BCUT2D eigenvalue weighted by molar-refractivity contribution is 7.13. The molecule has 1 aromatic heterocycles. The monoisotopic (exact) mass is 223 g/mol. The van der Waals surface area contributed by atoms with Crippen LogP contribution in [0, 0.1) is 11.8 Å². The van der Waals surface area contributed by atoms with E-state index in [0.717, 1.165) is 5.71 Å². The second-order valence-electron chi connectivity index (χ2n) is 3.93. The molecule has 1 aliphatic rings. The van der Waals surface area contributed by atoms with Gasteiger partial charge in [0.2, 0.25) is 5.13 Å². The maximum Gasteiger partial charge on any atom is 0.258 e. The molecule has 1 amide bonds. The number of hydrazone groups is 1. The first-order valence-electron chi connectivity index (χ1n) is 4.90. The van der Waals surface area contributed by atoms with E-state index in [-0.39, 0.29) is 17.7 Å². The molecule has 0 bridgehead atoms. The van der Waals surface area contributed by atoms with Gasteiger partial charge >= 0.3 is 0 Å². The predicted molar refractivity (Wildman–Crippen MR) is 61.0 cm³/mol. The standard InChI is InChI=1S/C10H13N3OS/c1-6(2)8-7(3)12-13(9(8)14)10-11-4-5-15-10/h4-6,8H,1-3H3. The molecule has 1 atom stereocenters. The molecule has 0 radical (unpaired) electrons. The maximum absolute atomic E-state index is 12.0. The van der Waals surface area contributed by atoms with E-state index in [2.05, 4.69) is 10.1 Å². The molecule has 0 saturated heterocycles. The highest BCUT2D eigenvalue weighted by atomic mass is 32.1. The summed E-state index contributed by atoms with van der Waals surface area (Å²) in [6.07, 6.45) is 1.68. The van der Waals surface area contributed by atoms with Crippen LogP contribution in [0.2, 0.25) is 0 Å². The van der Waals surface area contributed by atoms with Crippen molar-refractivity contribution in [3.8, 4) is 0 Å². The zero-order chi connectivity index (χ0) is 11.0. The van der Waals surface area contributed by atoms with Gasteiger partial charge in [0.25, 0.3) is 5.91 Å². The minimum Gasteiger partial charge on any atom is -0.272 e. The Hall–Kier alpha value is -1.23. The summed E-state index contributed by atoms with van der Waals surface area (Å²) in [5.74, 6) is 0.234. The average molecular weight is 223 g/mol. The summed E-state index contributed by atoms with van der Waals surface area (Å²) in [5, 5.41) is 8.18. The molecule has 0 spiro atoms. The zero-order valence-electron chi connectivity index (χ0n) is 8.97. The Morgan fingerprint density at radius 2 is 2.27 bits per heavy atom. The van der Waals surface area contributed by atoms with Gasteiger partial charge in [0.05, 0.1) is 5.92 Å². The summed E-state index contributed by atoms with van der Waals surface area (Å²) in [6.45, 7) is 5.97.